The highest BCUT2D eigenvalue weighted by atomic mass is 16.4. The maximum absolute atomic E-state index is 10.6. The van der Waals surface area contributed by atoms with E-state index < -0.39 is 5.97 Å². The number of aromatic nitrogens is 1. The van der Waals surface area contributed by atoms with Crippen molar-refractivity contribution in [3.05, 3.63) is 23.9 Å². The maximum atomic E-state index is 10.6. The largest absolute Gasteiger partial charge is 0.478 e. The van der Waals surface area contributed by atoms with E-state index in [0.717, 1.165) is 18.3 Å². The molecule has 0 aromatic carbocycles. The zero-order valence-corrected chi connectivity index (χ0v) is 9.15. The smallest absolute Gasteiger partial charge is 0.337 e. The molecule has 1 saturated carbocycles. The molecule has 1 aliphatic carbocycles. The summed E-state index contributed by atoms with van der Waals surface area (Å²) < 4.78 is 0. The van der Waals surface area contributed by atoms with Gasteiger partial charge in [-0.15, -0.1) is 0 Å². The van der Waals surface area contributed by atoms with Gasteiger partial charge >= 0.3 is 5.97 Å². The molecule has 16 heavy (non-hydrogen) atoms. The number of aromatic carboxylic acids is 1. The van der Waals surface area contributed by atoms with Crippen LogP contribution in [0.25, 0.3) is 0 Å². The minimum atomic E-state index is -0.935. The monoisotopic (exact) mass is 220 g/mol. The Morgan fingerprint density at radius 2 is 2.19 bits per heavy atom. The normalized spacial score (nSPS) is 16.2. The number of nitrogens with zero attached hydrogens (tertiary/aromatic N) is 1. The number of rotatable bonds is 4. The molecule has 2 N–H and O–H groups in total. The van der Waals surface area contributed by atoms with E-state index in [1.54, 1.807) is 12.1 Å². The highest BCUT2D eigenvalue weighted by molar-refractivity contribution is 5.87. The first-order valence-electron chi connectivity index (χ1n) is 5.69. The Hall–Kier alpha value is -1.58. The van der Waals surface area contributed by atoms with E-state index in [-0.39, 0.29) is 5.56 Å². The first-order valence-corrected chi connectivity index (χ1v) is 5.69. The van der Waals surface area contributed by atoms with Crippen LogP contribution in [0.1, 0.15) is 36.0 Å². The first kappa shape index (κ1) is 10.9. The third kappa shape index (κ3) is 2.72. The van der Waals surface area contributed by atoms with Gasteiger partial charge in [-0.25, -0.2) is 9.78 Å². The van der Waals surface area contributed by atoms with Gasteiger partial charge in [0.05, 0.1) is 5.56 Å². The summed E-state index contributed by atoms with van der Waals surface area (Å²) in [5.41, 5.74) is 0.228. The number of nitrogens with one attached hydrogen (secondary N) is 1. The van der Waals surface area contributed by atoms with Gasteiger partial charge in [-0.1, -0.05) is 12.8 Å². The molecule has 0 radical (unpaired) electrons. The topological polar surface area (TPSA) is 62.2 Å². The van der Waals surface area contributed by atoms with E-state index in [1.807, 2.05) is 0 Å². The summed E-state index contributed by atoms with van der Waals surface area (Å²) in [6.07, 6.45) is 6.63. The third-order valence-electron chi connectivity index (χ3n) is 3.06. The zero-order chi connectivity index (χ0) is 11.4. The summed E-state index contributed by atoms with van der Waals surface area (Å²) in [4.78, 5) is 14.7. The minimum Gasteiger partial charge on any atom is -0.478 e. The fourth-order valence-electron chi connectivity index (χ4n) is 2.09. The Balaban J connectivity index is 1.87. The van der Waals surface area contributed by atoms with Gasteiger partial charge in [-0.2, -0.15) is 0 Å². The molecule has 0 saturated heterocycles. The van der Waals surface area contributed by atoms with Gasteiger partial charge < -0.3 is 10.4 Å². The molecule has 0 bridgehead atoms. The number of carboxylic acid groups (broad SMARTS) is 1. The van der Waals surface area contributed by atoms with Crippen LogP contribution in [0.5, 0.6) is 0 Å². The van der Waals surface area contributed by atoms with Crippen LogP contribution in [-0.2, 0) is 0 Å². The van der Waals surface area contributed by atoms with E-state index in [2.05, 4.69) is 10.3 Å². The van der Waals surface area contributed by atoms with Crippen molar-refractivity contribution in [2.45, 2.75) is 25.7 Å². The molecule has 1 fully saturated rings. The zero-order valence-electron chi connectivity index (χ0n) is 9.15. The van der Waals surface area contributed by atoms with E-state index in [1.165, 1.54) is 31.9 Å². The van der Waals surface area contributed by atoms with Crippen LogP contribution < -0.4 is 5.32 Å². The van der Waals surface area contributed by atoms with Gasteiger partial charge in [0.15, 0.2) is 0 Å². The molecule has 0 spiro atoms. The number of pyridine rings is 1. The summed E-state index contributed by atoms with van der Waals surface area (Å²) in [7, 11) is 0. The Kier molecular flexibility index (Phi) is 3.39. The fraction of sp³-hybridized carbons (Fsp3) is 0.500. The van der Waals surface area contributed by atoms with Crippen molar-refractivity contribution in [1.29, 1.82) is 0 Å². The summed E-state index contributed by atoms with van der Waals surface area (Å²) in [5.74, 6) is 0.577. The first-order chi connectivity index (χ1) is 7.75. The number of carbonyl (C=O) groups is 1. The predicted molar refractivity (Wildman–Crippen MR) is 61.6 cm³/mol. The Morgan fingerprint density at radius 1 is 1.44 bits per heavy atom. The van der Waals surface area contributed by atoms with Crippen LogP contribution in [0.2, 0.25) is 0 Å². The Bertz CT molecular complexity index is 356. The molecule has 4 nitrogen and oxygen atoms in total. The summed E-state index contributed by atoms with van der Waals surface area (Å²) >= 11 is 0. The molecule has 86 valence electrons. The molecule has 0 atom stereocenters. The quantitative estimate of drug-likeness (QED) is 0.817. The van der Waals surface area contributed by atoms with Crippen molar-refractivity contribution in [2.75, 3.05) is 11.9 Å². The summed E-state index contributed by atoms with van der Waals surface area (Å²) in [6.45, 7) is 0.944. The summed E-state index contributed by atoms with van der Waals surface area (Å²) in [6, 6.07) is 3.30. The second-order valence-corrected chi connectivity index (χ2v) is 4.27. The van der Waals surface area contributed by atoms with Gasteiger partial charge in [0.2, 0.25) is 0 Å². The van der Waals surface area contributed by atoms with Gasteiger partial charge in [0, 0.05) is 12.7 Å². The number of carboxylic acids is 1. The Labute approximate surface area is 94.7 Å². The molecule has 0 aliphatic heterocycles. The second kappa shape index (κ2) is 4.96. The second-order valence-electron chi connectivity index (χ2n) is 4.27. The standard InChI is InChI=1S/C12H16N2O2/c15-12(16)10-5-6-11(14-8-10)13-7-9-3-1-2-4-9/h5-6,8-9H,1-4,7H2,(H,13,14)(H,15,16). The lowest BCUT2D eigenvalue weighted by Crippen LogP contribution is -2.12. The molecule has 0 unspecified atom stereocenters. The predicted octanol–water partition coefficient (Wildman–Crippen LogP) is 2.38. The van der Waals surface area contributed by atoms with Crippen LogP contribution in [0, 0.1) is 5.92 Å². The minimum absolute atomic E-state index is 0.228. The van der Waals surface area contributed by atoms with Gasteiger partial charge in [-0.05, 0) is 30.9 Å². The lowest BCUT2D eigenvalue weighted by atomic mass is 10.1. The Morgan fingerprint density at radius 3 is 2.75 bits per heavy atom. The van der Waals surface area contributed by atoms with Gasteiger partial charge in [-0.3, -0.25) is 0 Å². The van der Waals surface area contributed by atoms with Crippen LogP contribution in [0.15, 0.2) is 18.3 Å². The fourth-order valence-corrected chi connectivity index (χ4v) is 2.09. The molecule has 2 rings (SSSR count). The van der Waals surface area contributed by atoms with E-state index in [9.17, 15) is 4.79 Å². The van der Waals surface area contributed by atoms with E-state index in [4.69, 9.17) is 5.11 Å². The number of anilines is 1. The molecule has 1 heterocycles. The van der Waals surface area contributed by atoms with Crippen molar-refractivity contribution in [2.24, 2.45) is 5.92 Å². The maximum Gasteiger partial charge on any atom is 0.337 e. The van der Waals surface area contributed by atoms with Crippen molar-refractivity contribution < 1.29 is 9.90 Å². The van der Waals surface area contributed by atoms with E-state index >= 15 is 0 Å². The molecular weight excluding hydrogens is 204 g/mol. The van der Waals surface area contributed by atoms with Crippen LogP contribution in [0.4, 0.5) is 5.82 Å². The van der Waals surface area contributed by atoms with Crippen LogP contribution in [0.3, 0.4) is 0 Å². The van der Waals surface area contributed by atoms with Crippen molar-refractivity contribution in [3.63, 3.8) is 0 Å². The van der Waals surface area contributed by atoms with Crippen molar-refractivity contribution in [1.82, 2.24) is 4.98 Å². The molecule has 0 amide bonds. The number of hydrogen-bond donors (Lipinski definition) is 2. The van der Waals surface area contributed by atoms with Gasteiger partial charge in [0.25, 0.3) is 0 Å². The highest BCUT2D eigenvalue weighted by Crippen LogP contribution is 2.24. The average Bonchev–Trinajstić information content (AvgIpc) is 2.80. The van der Waals surface area contributed by atoms with Crippen LogP contribution in [-0.4, -0.2) is 22.6 Å². The van der Waals surface area contributed by atoms with Crippen LogP contribution >= 0.6 is 0 Å². The third-order valence-corrected chi connectivity index (χ3v) is 3.06. The molecular formula is C12H16N2O2. The lowest BCUT2D eigenvalue weighted by molar-refractivity contribution is 0.0696. The van der Waals surface area contributed by atoms with E-state index in [0.29, 0.717) is 0 Å². The molecule has 1 aliphatic rings. The number of hydrogen-bond acceptors (Lipinski definition) is 3. The molecule has 4 heteroatoms. The lowest BCUT2D eigenvalue weighted by Gasteiger charge is -2.10. The average molecular weight is 220 g/mol. The van der Waals surface area contributed by atoms with Crippen molar-refractivity contribution in [3.8, 4) is 0 Å². The molecule has 1 aromatic heterocycles. The summed E-state index contributed by atoms with van der Waals surface area (Å²) in [5, 5.41) is 12.0. The highest BCUT2D eigenvalue weighted by Gasteiger charge is 2.14. The van der Waals surface area contributed by atoms with Gasteiger partial charge in [0.1, 0.15) is 5.82 Å². The molecule has 1 aromatic rings. The van der Waals surface area contributed by atoms with Crippen molar-refractivity contribution >= 4 is 11.8 Å². The SMILES string of the molecule is O=C(O)c1ccc(NCC2CCCC2)nc1.